The van der Waals surface area contributed by atoms with E-state index in [1.165, 1.54) is 19.3 Å². The van der Waals surface area contributed by atoms with Crippen molar-refractivity contribution in [3.8, 4) is 0 Å². The number of aromatic nitrogens is 2. The quantitative estimate of drug-likeness (QED) is 0.876. The fraction of sp³-hybridized carbons (Fsp3) is 0.722. The molecule has 5 heteroatoms. The molecule has 1 heterocycles. The van der Waals surface area contributed by atoms with Crippen LogP contribution in [-0.4, -0.2) is 27.5 Å². The molecule has 0 bridgehead atoms. The third kappa shape index (κ3) is 4.01. The van der Waals surface area contributed by atoms with Gasteiger partial charge in [0.1, 0.15) is 0 Å². The zero-order valence-electron chi connectivity index (χ0n) is 14.2. The first-order chi connectivity index (χ1) is 11.0. The highest BCUT2D eigenvalue weighted by atomic mass is 16.2. The van der Waals surface area contributed by atoms with Gasteiger partial charge in [-0.05, 0) is 64.4 Å². The van der Waals surface area contributed by atoms with Gasteiger partial charge in [0.25, 0.3) is 0 Å². The topological polar surface area (TPSA) is 66.9 Å². The molecule has 0 radical (unpaired) electrons. The predicted octanol–water partition coefficient (Wildman–Crippen LogP) is 3.14. The summed E-state index contributed by atoms with van der Waals surface area (Å²) in [7, 11) is 0. The minimum absolute atomic E-state index is 0.0533. The maximum atomic E-state index is 12.6. The Labute approximate surface area is 138 Å². The molecule has 0 unspecified atom stereocenters. The lowest BCUT2D eigenvalue weighted by molar-refractivity contribution is -0.128. The Morgan fingerprint density at radius 2 is 1.74 bits per heavy atom. The second kappa shape index (κ2) is 6.85. The Hall–Kier alpha value is -1.65. The lowest BCUT2D eigenvalue weighted by Crippen LogP contribution is -2.53. The van der Waals surface area contributed by atoms with Crippen LogP contribution in [0, 0.1) is 11.8 Å². The number of carbonyl (C=O) groups is 1. The Kier molecular flexibility index (Phi) is 4.83. The maximum absolute atomic E-state index is 12.6. The fourth-order valence-corrected chi connectivity index (χ4v) is 3.71. The van der Waals surface area contributed by atoms with Crippen molar-refractivity contribution in [2.75, 3.05) is 5.32 Å². The SMILES string of the molecule is CC(C)(NC(=O)C1CCC(Nc2ncccn2)CC1)C1CCC1. The van der Waals surface area contributed by atoms with Gasteiger partial charge in [0.05, 0.1) is 0 Å². The Morgan fingerprint density at radius 3 is 2.30 bits per heavy atom. The summed E-state index contributed by atoms with van der Waals surface area (Å²) in [6.07, 6.45) is 11.2. The Balaban J connectivity index is 1.45. The van der Waals surface area contributed by atoms with E-state index in [1.54, 1.807) is 12.4 Å². The first kappa shape index (κ1) is 16.2. The van der Waals surface area contributed by atoms with Gasteiger partial charge in [0.2, 0.25) is 11.9 Å². The number of nitrogens with one attached hydrogen (secondary N) is 2. The van der Waals surface area contributed by atoms with E-state index in [0.29, 0.717) is 17.9 Å². The molecule has 2 N–H and O–H groups in total. The number of nitrogens with zero attached hydrogens (tertiary/aromatic N) is 2. The summed E-state index contributed by atoms with van der Waals surface area (Å²) >= 11 is 0. The highest BCUT2D eigenvalue weighted by molar-refractivity contribution is 5.79. The van der Waals surface area contributed by atoms with Gasteiger partial charge in [-0.25, -0.2) is 9.97 Å². The Bertz CT molecular complexity index is 519. The summed E-state index contributed by atoms with van der Waals surface area (Å²) in [4.78, 5) is 21.0. The van der Waals surface area contributed by atoms with Gasteiger partial charge < -0.3 is 10.6 Å². The number of carbonyl (C=O) groups excluding carboxylic acids is 1. The van der Waals surface area contributed by atoms with Gasteiger partial charge in [-0.2, -0.15) is 0 Å². The van der Waals surface area contributed by atoms with Crippen LogP contribution in [0.3, 0.4) is 0 Å². The van der Waals surface area contributed by atoms with Crippen LogP contribution in [0.15, 0.2) is 18.5 Å². The summed E-state index contributed by atoms with van der Waals surface area (Å²) in [6.45, 7) is 4.35. The standard InChI is InChI=1S/C18H28N4O/c1-18(2,14-5-3-6-14)22-16(23)13-7-9-15(10-8-13)21-17-19-11-4-12-20-17/h4,11-15H,3,5-10H2,1-2H3,(H,22,23)(H,19,20,21). The normalized spacial score (nSPS) is 25.5. The second-order valence-electron chi connectivity index (χ2n) is 7.60. The molecule has 1 aromatic heterocycles. The van der Waals surface area contributed by atoms with Crippen LogP contribution in [0.2, 0.25) is 0 Å². The van der Waals surface area contributed by atoms with Gasteiger partial charge in [-0.15, -0.1) is 0 Å². The van der Waals surface area contributed by atoms with E-state index in [0.717, 1.165) is 25.7 Å². The van der Waals surface area contributed by atoms with E-state index in [9.17, 15) is 4.79 Å². The van der Waals surface area contributed by atoms with Crippen LogP contribution >= 0.6 is 0 Å². The molecule has 3 rings (SSSR count). The molecule has 23 heavy (non-hydrogen) atoms. The van der Waals surface area contributed by atoms with Crippen molar-refractivity contribution in [2.45, 2.75) is 70.4 Å². The van der Waals surface area contributed by atoms with Crippen molar-refractivity contribution >= 4 is 11.9 Å². The monoisotopic (exact) mass is 316 g/mol. The van der Waals surface area contributed by atoms with Gasteiger partial charge in [-0.1, -0.05) is 6.42 Å². The summed E-state index contributed by atoms with van der Waals surface area (Å²) in [5.41, 5.74) is -0.0533. The molecule has 0 saturated heterocycles. The zero-order valence-corrected chi connectivity index (χ0v) is 14.2. The number of hydrogen-bond donors (Lipinski definition) is 2. The van der Waals surface area contributed by atoms with Crippen molar-refractivity contribution in [1.82, 2.24) is 15.3 Å². The molecule has 2 saturated carbocycles. The van der Waals surface area contributed by atoms with Gasteiger partial charge in [0, 0.05) is 29.9 Å². The first-order valence-corrected chi connectivity index (χ1v) is 8.90. The molecule has 126 valence electrons. The number of rotatable bonds is 5. The third-order valence-corrected chi connectivity index (χ3v) is 5.57. The molecular weight excluding hydrogens is 288 g/mol. The molecule has 1 amide bonds. The van der Waals surface area contributed by atoms with Crippen LogP contribution in [0.25, 0.3) is 0 Å². The molecule has 2 fully saturated rings. The van der Waals surface area contributed by atoms with Crippen LogP contribution in [0.4, 0.5) is 5.95 Å². The minimum atomic E-state index is -0.0533. The van der Waals surface area contributed by atoms with Crippen LogP contribution in [-0.2, 0) is 4.79 Å². The van der Waals surface area contributed by atoms with Crippen LogP contribution in [0.1, 0.15) is 58.8 Å². The fourth-order valence-electron chi connectivity index (χ4n) is 3.71. The van der Waals surface area contributed by atoms with E-state index in [1.807, 2.05) is 6.07 Å². The average Bonchev–Trinajstić information content (AvgIpc) is 2.46. The van der Waals surface area contributed by atoms with Crippen LogP contribution < -0.4 is 10.6 Å². The zero-order chi connectivity index (χ0) is 16.3. The molecule has 1 aromatic rings. The van der Waals surface area contributed by atoms with E-state index < -0.39 is 0 Å². The molecule has 2 aliphatic rings. The lowest BCUT2D eigenvalue weighted by atomic mass is 9.72. The van der Waals surface area contributed by atoms with Crippen molar-refractivity contribution in [2.24, 2.45) is 11.8 Å². The molecule has 0 atom stereocenters. The molecule has 0 spiro atoms. The Morgan fingerprint density at radius 1 is 1.09 bits per heavy atom. The summed E-state index contributed by atoms with van der Waals surface area (Å²) in [6, 6.07) is 2.19. The lowest BCUT2D eigenvalue weighted by Gasteiger charge is -2.42. The van der Waals surface area contributed by atoms with E-state index in [-0.39, 0.29) is 17.4 Å². The molecule has 0 aliphatic heterocycles. The molecule has 5 nitrogen and oxygen atoms in total. The van der Waals surface area contributed by atoms with Crippen molar-refractivity contribution < 1.29 is 4.79 Å². The van der Waals surface area contributed by atoms with E-state index in [4.69, 9.17) is 0 Å². The smallest absolute Gasteiger partial charge is 0.223 e. The third-order valence-electron chi connectivity index (χ3n) is 5.57. The highest BCUT2D eigenvalue weighted by Gasteiger charge is 2.37. The highest BCUT2D eigenvalue weighted by Crippen LogP contribution is 2.36. The van der Waals surface area contributed by atoms with E-state index in [2.05, 4.69) is 34.4 Å². The first-order valence-electron chi connectivity index (χ1n) is 8.90. The molecule has 2 aliphatic carbocycles. The maximum Gasteiger partial charge on any atom is 0.223 e. The molecular formula is C18H28N4O. The number of anilines is 1. The van der Waals surface area contributed by atoms with Crippen molar-refractivity contribution in [1.29, 1.82) is 0 Å². The van der Waals surface area contributed by atoms with Gasteiger partial charge in [-0.3, -0.25) is 4.79 Å². The summed E-state index contributed by atoms with van der Waals surface area (Å²) in [5.74, 6) is 1.74. The predicted molar refractivity (Wildman–Crippen MR) is 91.0 cm³/mol. The largest absolute Gasteiger partial charge is 0.351 e. The number of amides is 1. The van der Waals surface area contributed by atoms with Gasteiger partial charge >= 0.3 is 0 Å². The summed E-state index contributed by atoms with van der Waals surface area (Å²) < 4.78 is 0. The minimum Gasteiger partial charge on any atom is -0.351 e. The molecule has 0 aromatic carbocycles. The second-order valence-corrected chi connectivity index (χ2v) is 7.60. The van der Waals surface area contributed by atoms with Crippen molar-refractivity contribution in [3.63, 3.8) is 0 Å². The number of hydrogen-bond acceptors (Lipinski definition) is 4. The summed E-state index contributed by atoms with van der Waals surface area (Å²) in [5, 5.41) is 6.68. The average molecular weight is 316 g/mol. The van der Waals surface area contributed by atoms with E-state index >= 15 is 0 Å². The van der Waals surface area contributed by atoms with Gasteiger partial charge in [0.15, 0.2) is 0 Å². The van der Waals surface area contributed by atoms with Crippen molar-refractivity contribution in [3.05, 3.63) is 18.5 Å². The van der Waals surface area contributed by atoms with Crippen LogP contribution in [0.5, 0.6) is 0 Å².